The van der Waals surface area contributed by atoms with Gasteiger partial charge in [-0.3, -0.25) is 0 Å². The van der Waals surface area contributed by atoms with Crippen LogP contribution in [0, 0.1) is 6.92 Å². The predicted octanol–water partition coefficient (Wildman–Crippen LogP) is 3.74. The van der Waals surface area contributed by atoms with E-state index in [9.17, 15) is 0 Å². The molecular weight excluding hydrogens is 349 g/mol. The first-order valence-corrected chi connectivity index (χ1v) is 7.43. The molecule has 2 rings (SSSR count). The third-order valence-corrected chi connectivity index (χ3v) is 4.17. The Balaban J connectivity index is 0.00000220. The molecule has 21 heavy (non-hydrogen) atoms. The molecule has 2 aromatic rings. The number of aryl methyl sites for hydroxylation is 1. The maximum Gasteiger partial charge on any atom is 0.164 e. The second-order valence-electron chi connectivity index (χ2n) is 4.63. The summed E-state index contributed by atoms with van der Waals surface area (Å²) in [6, 6.07) is 14.8. The van der Waals surface area contributed by atoms with Crippen molar-refractivity contribution < 1.29 is 32.7 Å². The Morgan fingerprint density at radius 3 is 2.52 bits per heavy atom. The van der Waals surface area contributed by atoms with Gasteiger partial charge in [0.1, 0.15) is 0 Å². The molecule has 0 bridgehead atoms. The van der Waals surface area contributed by atoms with Crippen molar-refractivity contribution in [2.75, 3.05) is 7.05 Å². The molecule has 0 saturated heterocycles. The molecule has 0 atom stereocenters. The van der Waals surface area contributed by atoms with E-state index in [1.165, 1.54) is 21.6 Å². The standard InChI is InChI=1S/C16H17B2NS.Y/c1-4-13-9-10-14(12(2)11-13)15-7-5-6-8-16(15)20-19(3)18-17;/h5-11H,2,4H2,1,3H3;/q-1;. The van der Waals surface area contributed by atoms with Gasteiger partial charge >= 0.3 is 0 Å². The van der Waals surface area contributed by atoms with Gasteiger partial charge in [-0.05, 0) is 19.5 Å². The molecule has 5 heteroatoms. The van der Waals surface area contributed by atoms with E-state index in [0.29, 0.717) is 0 Å². The van der Waals surface area contributed by atoms with Crippen LogP contribution in [0.1, 0.15) is 18.1 Å². The van der Waals surface area contributed by atoms with Crippen molar-refractivity contribution >= 4 is 27.0 Å². The van der Waals surface area contributed by atoms with Gasteiger partial charge in [-0.2, -0.15) is 18.6 Å². The van der Waals surface area contributed by atoms with Crippen molar-refractivity contribution in [1.82, 2.24) is 4.22 Å². The first-order chi connectivity index (χ1) is 9.65. The fraction of sp³-hybridized carbons (Fsp3) is 0.188. The van der Waals surface area contributed by atoms with E-state index >= 15 is 0 Å². The van der Waals surface area contributed by atoms with E-state index in [-0.39, 0.29) is 32.7 Å². The van der Waals surface area contributed by atoms with Crippen LogP contribution in [0.25, 0.3) is 11.1 Å². The van der Waals surface area contributed by atoms with Crippen LogP contribution in [0.15, 0.2) is 47.4 Å². The summed E-state index contributed by atoms with van der Waals surface area (Å²) in [4.78, 5) is 1.17. The van der Waals surface area contributed by atoms with Crippen molar-refractivity contribution in [3.63, 3.8) is 0 Å². The largest absolute Gasteiger partial charge is 0.305 e. The smallest absolute Gasteiger partial charge is 0.164 e. The van der Waals surface area contributed by atoms with Crippen LogP contribution in [-0.2, 0) is 39.1 Å². The molecule has 0 aromatic heterocycles. The summed E-state index contributed by atoms with van der Waals surface area (Å²) in [5, 5.41) is 0. The number of hydrogen-bond acceptors (Lipinski definition) is 2. The molecule has 0 N–H and O–H groups in total. The zero-order chi connectivity index (χ0) is 14.5. The molecule has 0 unspecified atom stereocenters. The molecule has 2 aromatic carbocycles. The Kier molecular flexibility index (Phi) is 8.19. The second-order valence-corrected chi connectivity index (χ2v) is 5.83. The van der Waals surface area contributed by atoms with Crippen molar-refractivity contribution in [2.24, 2.45) is 0 Å². The third kappa shape index (κ3) is 4.92. The zero-order valence-corrected chi connectivity index (χ0v) is 16.2. The Morgan fingerprint density at radius 2 is 1.90 bits per heavy atom. The molecule has 0 aliphatic heterocycles. The number of rotatable bonds is 5. The van der Waals surface area contributed by atoms with Crippen LogP contribution in [0.2, 0.25) is 0 Å². The first kappa shape index (κ1) is 18.9. The molecule has 0 spiro atoms. The molecule has 0 aliphatic carbocycles. The minimum absolute atomic E-state index is 0. The number of hydrogen-bond donors (Lipinski definition) is 0. The van der Waals surface area contributed by atoms with Gasteiger partial charge in [-0.15, -0.1) is 17.2 Å². The maximum atomic E-state index is 5.54. The van der Waals surface area contributed by atoms with Gasteiger partial charge in [0.2, 0.25) is 0 Å². The summed E-state index contributed by atoms with van der Waals surface area (Å²) in [6.07, 6.45) is 1.03. The maximum absolute atomic E-state index is 5.54. The number of benzene rings is 2. The molecule has 0 fully saturated rings. The quantitative estimate of drug-likeness (QED) is 0.451. The van der Waals surface area contributed by atoms with Gasteiger partial charge in [0, 0.05) is 45.3 Å². The minimum Gasteiger partial charge on any atom is -0.305 e. The average molecular weight is 366 g/mol. The van der Waals surface area contributed by atoms with Crippen LogP contribution in [0.3, 0.4) is 0 Å². The molecule has 4 radical (unpaired) electrons. The Labute approximate surface area is 159 Å². The van der Waals surface area contributed by atoms with Gasteiger partial charge in [-0.1, -0.05) is 48.7 Å². The van der Waals surface area contributed by atoms with Crippen LogP contribution in [-0.4, -0.2) is 26.3 Å². The summed E-state index contributed by atoms with van der Waals surface area (Å²) in [6.45, 7) is 6.35. The van der Waals surface area contributed by atoms with Gasteiger partial charge in [0.05, 0.1) is 0 Å². The van der Waals surface area contributed by atoms with Crippen LogP contribution >= 0.6 is 11.9 Å². The SMILES string of the molecule is [B][B]N(C)Sc1ccccc1-c1ccc(CC)cc1[CH2-].[Y]. The summed E-state index contributed by atoms with van der Waals surface area (Å²) in [5.74, 6) is 0. The Morgan fingerprint density at radius 1 is 1.19 bits per heavy atom. The van der Waals surface area contributed by atoms with Gasteiger partial charge < -0.3 is 4.22 Å². The zero-order valence-electron chi connectivity index (χ0n) is 12.5. The monoisotopic (exact) mass is 366 g/mol. The average Bonchev–Trinajstić information content (AvgIpc) is 2.48. The van der Waals surface area contributed by atoms with Crippen molar-refractivity contribution in [3.05, 3.63) is 60.5 Å². The van der Waals surface area contributed by atoms with Crippen LogP contribution in [0.5, 0.6) is 0 Å². The normalized spacial score (nSPS) is 10.2. The Bertz CT molecular complexity index is 592. The van der Waals surface area contributed by atoms with Crippen LogP contribution in [0.4, 0.5) is 0 Å². The molecule has 102 valence electrons. The molecule has 0 saturated carbocycles. The van der Waals surface area contributed by atoms with E-state index in [2.05, 4.69) is 50.2 Å². The first-order valence-electron chi connectivity index (χ1n) is 6.66. The summed E-state index contributed by atoms with van der Waals surface area (Å²) < 4.78 is 1.89. The van der Waals surface area contributed by atoms with E-state index < -0.39 is 0 Å². The molecule has 0 heterocycles. The van der Waals surface area contributed by atoms with E-state index in [1.54, 1.807) is 19.3 Å². The molecular formula is C16H17B2NSY-. The van der Waals surface area contributed by atoms with Gasteiger partial charge in [0.15, 0.2) is 7.31 Å². The summed E-state index contributed by atoms with van der Waals surface area (Å²) in [7, 11) is 9.04. The predicted molar refractivity (Wildman–Crippen MR) is 90.8 cm³/mol. The Hall–Kier alpha value is -0.146. The van der Waals surface area contributed by atoms with Crippen molar-refractivity contribution in [2.45, 2.75) is 18.2 Å². The van der Waals surface area contributed by atoms with Crippen LogP contribution < -0.4 is 0 Å². The molecule has 0 aliphatic rings. The van der Waals surface area contributed by atoms with Crippen molar-refractivity contribution in [3.8, 4) is 11.1 Å². The number of nitrogens with zero attached hydrogens (tertiary/aromatic N) is 1. The second kappa shape index (κ2) is 9.10. The fourth-order valence-corrected chi connectivity index (χ4v) is 2.87. The third-order valence-electron chi connectivity index (χ3n) is 3.21. The molecule has 0 amide bonds. The minimum atomic E-state index is 0. The van der Waals surface area contributed by atoms with Crippen molar-refractivity contribution in [1.29, 1.82) is 0 Å². The van der Waals surface area contributed by atoms with E-state index in [4.69, 9.17) is 7.74 Å². The fourth-order valence-electron chi connectivity index (χ4n) is 2.08. The van der Waals surface area contributed by atoms with E-state index in [1.807, 2.05) is 17.3 Å². The van der Waals surface area contributed by atoms with Gasteiger partial charge in [-0.25, -0.2) is 0 Å². The summed E-state index contributed by atoms with van der Waals surface area (Å²) in [5.41, 5.74) is 4.75. The topological polar surface area (TPSA) is 3.24 Å². The summed E-state index contributed by atoms with van der Waals surface area (Å²) >= 11 is 1.61. The van der Waals surface area contributed by atoms with Gasteiger partial charge in [0.25, 0.3) is 0 Å². The molecule has 1 nitrogen and oxygen atoms in total. The van der Waals surface area contributed by atoms with E-state index in [0.717, 1.165) is 12.0 Å².